The van der Waals surface area contributed by atoms with Crippen LogP contribution in [0.25, 0.3) is 6.08 Å². The molecule has 0 radical (unpaired) electrons. The van der Waals surface area contributed by atoms with Gasteiger partial charge in [0.2, 0.25) is 10.3 Å². The lowest BCUT2D eigenvalue weighted by atomic mass is 10.2. The molecule has 1 aliphatic heterocycles. The Morgan fingerprint density at radius 1 is 1.29 bits per heavy atom. The van der Waals surface area contributed by atoms with Gasteiger partial charge in [-0.1, -0.05) is 18.2 Å². The van der Waals surface area contributed by atoms with Gasteiger partial charge in [-0.3, -0.25) is 0 Å². The standard InChI is InChI=1S/C9H7NO3S/c11-9-8(14(12)13)5-6-3-1-2-4-7(6)10-9/h1-5,9,11H. The summed E-state index contributed by atoms with van der Waals surface area (Å²) in [4.78, 5) is 3.75. The molecule has 4 nitrogen and oxygen atoms in total. The first-order chi connectivity index (χ1) is 6.68. The van der Waals surface area contributed by atoms with E-state index in [1.807, 2.05) is 0 Å². The van der Waals surface area contributed by atoms with E-state index in [1.54, 1.807) is 24.3 Å². The SMILES string of the molecule is O=S(=O)=C1C=c2ccccc2=NC1O. The maximum absolute atomic E-state index is 10.7. The molecule has 1 N–H and O–H groups in total. The highest BCUT2D eigenvalue weighted by atomic mass is 32.2. The fraction of sp³-hybridized carbons (Fsp3) is 0.111. The molecule has 1 aromatic rings. The zero-order valence-electron chi connectivity index (χ0n) is 7.08. The van der Waals surface area contributed by atoms with Gasteiger partial charge in [0.15, 0.2) is 6.23 Å². The monoisotopic (exact) mass is 209 g/mol. The molecule has 5 heteroatoms. The van der Waals surface area contributed by atoms with Crippen LogP contribution in [0.5, 0.6) is 0 Å². The lowest BCUT2D eigenvalue weighted by Gasteiger charge is -2.06. The Hall–Kier alpha value is -1.46. The number of rotatable bonds is 0. The van der Waals surface area contributed by atoms with E-state index in [1.165, 1.54) is 6.08 Å². The summed E-state index contributed by atoms with van der Waals surface area (Å²) in [6.45, 7) is 0. The smallest absolute Gasteiger partial charge is 0.222 e. The van der Waals surface area contributed by atoms with Crippen LogP contribution in [0, 0.1) is 0 Å². The van der Waals surface area contributed by atoms with Crippen LogP contribution >= 0.6 is 0 Å². The van der Waals surface area contributed by atoms with Crippen molar-refractivity contribution in [2.75, 3.05) is 0 Å². The molecule has 1 aromatic carbocycles. The van der Waals surface area contributed by atoms with Crippen molar-refractivity contribution >= 4 is 21.2 Å². The van der Waals surface area contributed by atoms with Crippen molar-refractivity contribution in [2.24, 2.45) is 4.99 Å². The number of hydrogen-bond acceptors (Lipinski definition) is 4. The number of hydrogen-bond donors (Lipinski definition) is 1. The molecule has 0 saturated heterocycles. The number of para-hydroxylation sites is 1. The second-order valence-electron chi connectivity index (χ2n) is 2.84. The summed E-state index contributed by atoms with van der Waals surface area (Å²) in [5.74, 6) is 0. The number of aliphatic hydroxyl groups is 1. The quantitative estimate of drug-likeness (QED) is 0.527. The van der Waals surface area contributed by atoms with Crippen LogP contribution in [0.15, 0.2) is 29.3 Å². The maximum atomic E-state index is 10.7. The predicted molar refractivity (Wildman–Crippen MR) is 51.6 cm³/mol. The van der Waals surface area contributed by atoms with Crippen LogP contribution in [0.2, 0.25) is 0 Å². The molecular weight excluding hydrogens is 202 g/mol. The summed E-state index contributed by atoms with van der Waals surface area (Å²) in [6.07, 6.45) is 0.152. The van der Waals surface area contributed by atoms with E-state index in [4.69, 9.17) is 0 Å². The Labute approximate surface area is 81.4 Å². The number of nitrogens with zero attached hydrogens (tertiary/aromatic N) is 1. The van der Waals surface area contributed by atoms with Gasteiger partial charge in [-0.05, 0) is 12.1 Å². The van der Waals surface area contributed by atoms with E-state index in [0.29, 0.717) is 10.6 Å². The average molecular weight is 209 g/mol. The van der Waals surface area contributed by atoms with Crippen LogP contribution in [0.1, 0.15) is 0 Å². The van der Waals surface area contributed by atoms with Crippen LogP contribution < -0.4 is 10.6 Å². The fourth-order valence-electron chi connectivity index (χ4n) is 1.28. The van der Waals surface area contributed by atoms with Crippen molar-refractivity contribution in [2.45, 2.75) is 6.23 Å². The maximum Gasteiger partial charge on any atom is 0.222 e. The minimum absolute atomic E-state index is 0.0938. The first kappa shape index (κ1) is 9.11. The molecule has 1 unspecified atom stereocenters. The highest BCUT2D eigenvalue weighted by Crippen LogP contribution is 1.93. The van der Waals surface area contributed by atoms with Crippen molar-refractivity contribution in [3.8, 4) is 0 Å². The summed E-state index contributed by atoms with van der Waals surface area (Å²) in [7, 11) is -2.42. The minimum atomic E-state index is -2.42. The second kappa shape index (κ2) is 3.36. The molecule has 0 spiro atoms. The molecule has 1 heterocycles. The zero-order chi connectivity index (χ0) is 10.1. The highest BCUT2D eigenvalue weighted by Gasteiger charge is 2.13. The Bertz CT molecular complexity index is 608. The van der Waals surface area contributed by atoms with Gasteiger partial charge in [0.25, 0.3) is 0 Å². The van der Waals surface area contributed by atoms with Crippen molar-refractivity contribution in [3.05, 3.63) is 34.8 Å². The van der Waals surface area contributed by atoms with Crippen LogP contribution in [-0.4, -0.2) is 24.6 Å². The van der Waals surface area contributed by atoms with Gasteiger partial charge >= 0.3 is 0 Å². The molecule has 0 bridgehead atoms. The van der Waals surface area contributed by atoms with Gasteiger partial charge in [-0.15, -0.1) is 0 Å². The summed E-state index contributed by atoms with van der Waals surface area (Å²) < 4.78 is 21.4. The Morgan fingerprint density at radius 3 is 2.71 bits per heavy atom. The first-order valence-corrected chi connectivity index (χ1v) is 5.05. The molecule has 1 aliphatic rings. The Kier molecular flexibility index (Phi) is 2.18. The number of benzene rings is 1. The van der Waals surface area contributed by atoms with Crippen molar-refractivity contribution in [1.82, 2.24) is 0 Å². The van der Waals surface area contributed by atoms with Crippen LogP contribution in [-0.2, 0) is 10.3 Å². The third-order valence-electron chi connectivity index (χ3n) is 1.94. The third kappa shape index (κ3) is 1.47. The summed E-state index contributed by atoms with van der Waals surface area (Å²) in [5, 5.41) is 10.7. The van der Waals surface area contributed by atoms with E-state index in [-0.39, 0.29) is 4.86 Å². The van der Waals surface area contributed by atoms with E-state index < -0.39 is 16.5 Å². The summed E-state index contributed by atoms with van der Waals surface area (Å²) >= 11 is 0. The average Bonchev–Trinajstić information content (AvgIpc) is 2.16. The summed E-state index contributed by atoms with van der Waals surface area (Å²) in [5.41, 5.74) is 0. The largest absolute Gasteiger partial charge is 0.367 e. The van der Waals surface area contributed by atoms with E-state index >= 15 is 0 Å². The number of fused-ring (bicyclic) bond motifs is 1. The fourth-order valence-corrected chi connectivity index (χ4v) is 1.73. The van der Waals surface area contributed by atoms with Crippen molar-refractivity contribution in [1.29, 1.82) is 0 Å². The first-order valence-electron chi connectivity index (χ1n) is 3.97. The van der Waals surface area contributed by atoms with E-state index in [0.717, 1.165) is 0 Å². The van der Waals surface area contributed by atoms with Gasteiger partial charge in [0, 0.05) is 5.22 Å². The van der Waals surface area contributed by atoms with Gasteiger partial charge in [0.1, 0.15) is 4.86 Å². The van der Waals surface area contributed by atoms with E-state index in [9.17, 15) is 13.5 Å². The summed E-state index contributed by atoms with van der Waals surface area (Å²) in [6, 6.07) is 7.03. The van der Waals surface area contributed by atoms with Gasteiger partial charge in [0.05, 0.1) is 5.36 Å². The molecule has 72 valence electrons. The van der Waals surface area contributed by atoms with Gasteiger partial charge in [-0.2, -0.15) is 8.42 Å². The third-order valence-corrected chi connectivity index (χ3v) is 2.66. The lowest BCUT2D eigenvalue weighted by Crippen LogP contribution is -2.36. The second-order valence-corrected chi connectivity index (χ2v) is 3.78. The molecule has 1 atom stereocenters. The Balaban J connectivity index is 2.87. The minimum Gasteiger partial charge on any atom is -0.367 e. The molecule has 14 heavy (non-hydrogen) atoms. The van der Waals surface area contributed by atoms with E-state index in [2.05, 4.69) is 4.99 Å². The van der Waals surface area contributed by atoms with Crippen molar-refractivity contribution in [3.63, 3.8) is 0 Å². The molecule has 0 saturated carbocycles. The molecule has 2 rings (SSSR count). The van der Waals surface area contributed by atoms with Gasteiger partial charge in [-0.25, -0.2) is 4.99 Å². The normalized spacial score (nSPS) is 19.2. The topological polar surface area (TPSA) is 66.7 Å². The molecular formula is C9H7NO3S. The van der Waals surface area contributed by atoms with Crippen LogP contribution in [0.3, 0.4) is 0 Å². The Morgan fingerprint density at radius 2 is 2.00 bits per heavy atom. The molecule has 0 aliphatic carbocycles. The lowest BCUT2D eigenvalue weighted by molar-refractivity contribution is 0.250. The zero-order valence-corrected chi connectivity index (χ0v) is 7.90. The van der Waals surface area contributed by atoms with Crippen LogP contribution in [0.4, 0.5) is 0 Å². The number of aliphatic hydroxyl groups excluding tert-OH is 1. The molecule has 0 aromatic heterocycles. The molecule has 0 fully saturated rings. The van der Waals surface area contributed by atoms with Gasteiger partial charge < -0.3 is 5.11 Å². The highest BCUT2D eigenvalue weighted by molar-refractivity contribution is 7.74. The van der Waals surface area contributed by atoms with Crippen molar-refractivity contribution < 1.29 is 13.5 Å². The molecule has 0 amide bonds. The predicted octanol–water partition coefficient (Wildman–Crippen LogP) is -1.53.